The first kappa shape index (κ1) is 5.80. The fraction of sp³-hybridized carbons (Fsp3) is 0.286. The molecule has 0 bridgehead atoms. The van der Waals surface area contributed by atoms with E-state index in [2.05, 4.69) is 4.98 Å². The van der Waals surface area contributed by atoms with Gasteiger partial charge in [-0.25, -0.2) is 4.39 Å². The van der Waals surface area contributed by atoms with E-state index in [9.17, 15) is 4.39 Å². The Labute approximate surface area is 57.7 Å². The molecule has 0 spiro atoms. The molecule has 1 saturated heterocycles. The van der Waals surface area contributed by atoms with E-state index in [-0.39, 0.29) is 11.9 Å². The number of ether oxygens (including phenoxy) is 1. The van der Waals surface area contributed by atoms with Crippen LogP contribution in [0.1, 0.15) is 11.7 Å². The quantitative estimate of drug-likeness (QED) is 0.548. The Balaban J connectivity index is 2.32. The van der Waals surface area contributed by atoms with Gasteiger partial charge in [0.25, 0.3) is 0 Å². The molecule has 1 aliphatic heterocycles. The normalized spacial score (nSPS) is 22.7. The molecule has 1 atom stereocenters. The Hall–Kier alpha value is -0.960. The van der Waals surface area contributed by atoms with Crippen LogP contribution in [0.2, 0.25) is 0 Å². The van der Waals surface area contributed by atoms with Gasteiger partial charge in [-0.15, -0.1) is 0 Å². The number of nitrogens with zero attached hydrogens (tertiary/aromatic N) is 1. The number of hydrogen-bond donors (Lipinski definition) is 0. The number of hydrogen-bond acceptors (Lipinski definition) is 2. The lowest BCUT2D eigenvalue weighted by Crippen LogP contribution is -1.84. The lowest BCUT2D eigenvalue weighted by atomic mass is 10.2. The van der Waals surface area contributed by atoms with Crippen LogP contribution in [0.15, 0.2) is 18.5 Å². The Kier molecular flexibility index (Phi) is 1.17. The van der Waals surface area contributed by atoms with Crippen molar-refractivity contribution in [2.45, 2.75) is 6.10 Å². The van der Waals surface area contributed by atoms with Gasteiger partial charge in [-0.05, 0) is 6.07 Å². The average molecular weight is 139 g/mol. The molecule has 3 heteroatoms. The van der Waals surface area contributed by atoms with Crippen LogP contribution in [0.5, 0.6) is 0 Å². The minimum Gasteiger partial charge on any atom is -0.368 e. The smallest absolute Gasteiger partial charge is 0.141 e. The maximum atomic E-state index is 12.4. The summed E-state index contributed by atoms with van der Waals surface area (Å²) in [6, 6.07) is 1.45. The maximum absolute atomic E-state index is 12.4. The minimum absolute atomic E-state index is 0.100. The average Bonchev–Trinajstić information content (AvgIpc) is 2.68. The van der Waals surface area contributed by atoms with Crippen LogP contribution in [0, 0.1) is 5.82 Å². The zero-order chi connectivity index (χ0) is 6.97. The largest absolute Gasteiger partial charge is 0.368 e. The van der Waals surface area contributed by atoms with E-state index in [1.54, 1.807) is 6.20 Å². The third kappa shape index (κ3) is 0.998. The second-order valence-corrected chi connectivity index (χ2v) is 2.26. The van der Waals surface area contributed by atoms with Crippen LogP contribution in [-0.4, -0.2) is 11.6 Å². The van der Waals surface area contributed by atoms with E-state index < -0.39 is 0 Å². The molecule has 0 amide bonds. The molecule has 2 heterocycles. The number of rotatable bonds is 1. The highest BCUT2D eigenvalue weighted by Crippen LogP contribution is 2.28. The lowest BCUT2D eigenvalue weighted by molar-refractivity contribution is 0.414. The van der Waals surface area contributed by atoms with Crippen LogP contribution in [-0.2, 0) is 4.74 Å². The molecule has 10 heavy (non-hydrogen) atoms. The third-order valence-corrected chi connectivity index (χ3v) is 1.43. The molecular formula is C7H6FNO. The van der Waals surface area contributed by atoms with E-state index in [0.717, 1.165) is 5.56 Å². The summed E-state index contributed by atoms with van der Waals surface area (Å²) < 4.78 is 17.4. The van der Waals surface area contributed by atoms with Crippen LogP contribution in [0.25, 0.3) is 0 Å². The number of pyridine rings is 1. The zero-order valence-electron chi connectivity index (χ0n) is 5.25. The molecular weight excluding hydrogens is 133 g/mol. The Morgan fingerprint density at radius 2 is 2.40 bits per heavy atom. The van der Waals surface area contributed by atoms with Gasteiger partial charge < -0.3 is 4.74 Å². The van der Waals surface area contributed by atoms with Gasteiger partial charge in [0.1, 0.15) is 11.9 Å². The first-order valence-electron chi connectivity index (χ1n) is 3.08. The van der Waals surface area contributed by atoms with Gasteiger partial charge in [0, 0.05) is 11.8 Å². The Morgan fingerprint density at radius 1 is 1.60 bits per heavy atom. The van der Waals surface area contributed by atoms with Crippen LogP contribution in [0.4, 0.5) is 4.39 Å². The summed E-state index contributed by atoms with van der Waals surface area (Å²) in [7, 11) is 0. The van der Waals surface area contributed by atoms with Crippen molar-refractivity contribution in [3.63, 3.8) is 0 Å². The second-order valence-electron chi connectivity index (χ2n) is 2.26. The summed E-state index contributed by atoms with van der Waals surface area (Å²) in [5, 5.41) is 0. The molecule has 1 aliphatic rings. The third-order valence-electron chi connectivity index (χ3n) is 1.43. The number of aromatic nitrogens is 1. The summed E-state index contributed by atoms with van der Waals surface area (Å²) in [6.45, 7) is 0.700. The first-order chi connectivity index (χ1) is 4.86. The fourth-order valence-corrected chi connectivity index (χ4v) is 0.845. The van der Waals surface area contributed by atoms with Crippen LogP contribution >= 0.6 is 0 Å². The summed E-state index contributed by atoms with van der Waals surface area (Å²) in [5.41, 5.74) is 0.833. The van der Waals surface area contributed by atoms with Gasteiger partial charge in [-0.2, -0.15) is 0 Å². The summed E-state index contributed by atoms with van der Waals surface area (Å²) in [4.78, 5) is 3.69. The molecule has 0 radical (unpaired) electrons. The molecule has 2 nitrogen and oxygen atoms in total. The van der Waals surface area contributed by atoms with Gasteiger partial charge in [-0.3, -0.25) is 4.98 Å². The fourth-order valence-electron chi connectivity index (χ4n) is 0.845. The van der Waals surface area contributed by atoms with E-state index in [1.807, 2.05) is 0 Å². The Bertz CT molecular complexity index is 247. The van der Waals surface area contributed by atoms with Crippen molar-refractivity contribution in [2.24, 2.45) is 0 Å². The molecule has 0 saturated carbocycles. The minimum atomic E-state index is -0.298. The van der Waals surface area contributed by atoms with Gasteiger partial charge in [0.05, 0.1) is 12.8 Å². The monoisotopic (exact) mass is 139 g/mol. The maximum Gasteiger partial charge on any atom is 0.141 e. The molecule has 0 N–H and O–H groups in total. The van der Waals surface area contributed by atoms with Crippen LogP contribution in [0.3, 0.4) is 0 Å². The number of halogens is 1. The van der Waals surface area contributed by atoms with E-state index in [1.165, 1.54) is 12.3 Å². The highest BCUT2D eigenvalue weighted by molar-refractivity contribution is 5.16. The SMILES string of the molecule is Fc1cncc([C@@H]2CO2)c1. The highest BCUT2D eigenvalue weighted by Gasteiger charge is 2.25. The van der Waals surface area contributed by atoms with Crippen molar-refractivity contribution in [3.8, 4) is 0 Å². The van der Waals surface area contributed by atoms with E-state index in [4.69, 9.17) is 4.74 Å². The molecule has 2 rings (SSSR count). The molecule has 0 unspecified atom stereocenters. The summed E-state index contributed by atoms with van der Waals surface area (Å²) in [5.74, 6) is -0.298. The Morgan fingerprint density at radius 3 is 3.00 bits per heavy atom. The van der Waals surface area contributed by atoms with Crippen molar-refractivity contribution in [3.05, 3.63) is 29.8 Å². The van der Waals surface area contributed by atoms with Crippen molar-refractivity contribution >= 4 is 0 Å². The molecule has 1 fully saturated rings. The van der Waals surface area contributed by atoms with Crippen LogP contribution < -0.4 is 0 Å². The van der Waals surface area contributed by atoms with Gasteiger partial charge >= 0.3 is 0 Å². The summed E-state index contributed by atoms with van der Waals surface area (Å²) in [6.07, 6.45) is 2.91. The standard InChI is InChI=1S/C7H6FNO/c8-6-1-5(2-9-3-6)7-4-10-7/h1-3,7H,4H2/t7-/m0/s1. The van der Waals surface area contributed by atoms with E-state index >= 15 is 0 Å². The molecule has 1 aromatic rings. The summed E-state index contributed by atoms with van der Waals surface area (Å²) >= 11 is 0. The van der Waals surface area contributed by atoms with Crippen molar-refractivity contribution in [1.82, 2.24) is 4.98 Å². The molecule has 1 aromatic heterocycles. The topological polar surface area (TPSA) is 25.4 Å². The first-order valence-corrected chi connectivity index (χ1v) is 3.08. The van der Waals surface area contributed by atoms with Crippen molar-refractivity contribution in [2.75, 3.05) is 6.61 Å². The van der Waals surface area contributed by atoms with Gasteiger partial charge in [-0.1, -0.05) is 0 Å². The van der Waals surface area contributed by atoms with Gasteiger partial charge in [0.2, 0.25) is 0 Å². The predicted molar refractivity (Wildman–Crippen MR) is 32.9 cm³/mol. The zero-order valence-corrected chi connectivity index (χ0v) is 5.25. The number of epoxide rings is 1. The van der Waals surface area contributed by atoms with Gasteiger partial charge in [0.15, 0.2) is 0 Å². The molecule has 0 aromatic carbocycles. The predicted octanol–water partition coefficient (Wildman–Crippen LogP) is 1.29. The lowest BCUT2D eigenvalue weighted by Gasteiger charge is -1.91. The second kappa shape index (κ2) is 2.02. The van der Waals surface area contributed by atoms with Crippen molar-refractivity contribution < 1.29 is 9.13 Å². The molecule has 0 aliphatic carbocycles. The molecule has 52 valence electrons. The van der Waals surface area contributed by atoms with E-state index in [0.29, 0.717) is 6.61 Å². The highest BCUT2D eigenvalue weighted by atomic mass is 19.1. The van der Waals surface area contributed by atoms with Crippen molar-refractivity contribution in [1.29, 1.82) is 0 Å².